The molecule has 0 aliphatic carbocycles. The highest BCUT2D eigenvalue weighted by Crippen LogP contribution is 2.00. The van der Waals surface area contributed by atoms with Crippen LogP contribution in [0.1, 0.15) is 11.1 Å². The van der Waals surface area contributed by atoms with Gasteiger partial charge in [0.25, 0.3) is 0 Å². The Hall–Kier alpha value is -1.28. The summed E-state index contributed by atoms with van der Waals surface area (Å²) in [5, 5.41) is 0. The summed E-state index contributed by atoms with van der Waals surface area (Å²) >= 11 is 4.23. The van der Waals surface area contributed by atoms with E-state index in [9.17, 15) is 0 Å². The largest absolute Gasteiger partial charge is 0.201 e. The van der Waals surface area contributed by atoms with Crippen molar-refractivity contribution >= 4 is 12.6 Å². The summed E-state index contributed by atoms with van der Waals surface area (Å²) < 4.78 is 2.17. The molecule has 0 aliphatic heterocycles. The SMILES string of the molecule is SCc1cc[n+](Cc2ccccc2)cc1. The first kappa shape index (κ1) is 10.2. The Balaban J connectivity index is 2.11. The number of pyridine rings is 1. The molecular formula is C13H14NS+. The summed E-state index contributed by atoms with van der Waals surface area (Å²) in [5.41, 5.74) is 2.57. The van der Waals surface area contributed by atoms with Gasteiger partial charge in [0, 0.05) is 23.4 Å². The van der Waals surface area contributed by atoms with Crippen LogP contribution in [0.25, 0.3) is 0 Å². The van der Waals surface area contributed by atoms with Crippen molar-refractivity contribution in [2.45, 2.75) is 12.3 Å². The molecule has 1 heterocycles. The first-order chi connectivity index (χ1) is 7.38. The molecular weight excluding hydrogens is 202 g/mol. The number of aromatic nitrogens is 1. The number of rotatable bonds is 3. The lowest BCUT2D eigenvalue weighted by Crippen LogP contribution is -2.33. The fourth-order valence-corrected chi connectivity index (χ4v) is 1.70. The Kier molecular flexibility index (Phi) is 3.41. The summed E-state index contributed by atoms with van der Waals surface area (Å²) in [6.07, 6.45) is 4.19. The van der Waals surface area contributed by atoms with E-state index >= 15 is 0 Å². The van der Waals surface area contributed by atoms with Gasteiger partial charge in [0.05, 0.1) is 0 Å². The van der Waals surface area contributed by atoms with Gasteiger partial charge in [-0.15, -0.1) is 0 Å². The topological polar surface area (TPSA) is 3.88 Å². The van der Waals surface area contributed by atoms with Gasteiger partial charge >= 0.3 is 0 Å². The lowest BCUT2D eigenvalue weighted by molar-refractivity contribution is -0.688. The Morgan fingerprint density at radius 2 is 1.53 bits per heavy atom. The van der Waals surface area contributed by atoms with Crippen molar-refractivity contribution in [3.8, 4) is 0 Å². The fourth-order valence-electron chi connectivity index (χ4n) is 1.49. The Morgan fingerprint density at radius 3 is 2.13 bits per heavy atom. The summed E-state index contributed by atoms with van der Waals surface area (Å²) in [7, 11) is 0. The van der Waals surface area contributed by atoms with E-state index in [-0.39, 0.29) is 0 Å². The van der Waals surface area contributed by atoms with Crippen LogP contribution in [0, 0.1) is 0 Å². The predicted octanol–water partition coefficient (Wildman–Crippen LogP) is 2.45. The van der Waals surface area contributed by atoms with Gasteiger partial charge < -0.3 is 0 Å². The Bertz CT molecular complexity index is 408. The summed E-state index contributed by atoms with van der Waals surface area (Å²) in [6.45, 7) is 0.924. The highest BCUT2D eigenvalue weighted by Gasteiger charge is 2.01. The van der Waals surface area contributed by atoms with Crippen LogP contribution in [0.15, 0.2) is 54.9 Å². The van der Waals surface area contributed by atoms with Crippen LogP contribution in [0.5, 0.6) is 0 Å². The van der Waals surface area contributed by atoms with Crippen LogP contribution in [0.3, 0.4) is 0 Å². The monoisotopic (exact) mass is 216 g/mol. The van der Waals surface area contributed by atoms with Crippen molar-refractivity contribution in [2.75, 3.05) is 0 Å². The molecule has 1 aromatic heterocycles. The van der Waals surface area contributed by atoms with Crippen molar-refractivity contribution in [1.29, 1.82) is 0 Å². The van der Waals surface area contributed by atoms with Gasteiger partial charge in [-0.1, -0.05) is 30.3 Å². The van der Waals surface area contributed by atoms with E-state index in [2.05, 4.69) is 66.0 Å². The van der Waals surface area contributed by atoms with Gasteiger partial charge in [-0.25, -0.2) is 4.57 Å². The van der Waals surface area contributed by atoms with E-state index in [0.29, 0.717) is 0 Å². The molecule has 0 saturated heterocycles. The van der Waals surface area contributed by atoms with E-state index in [1.165, 1.54) is 11.1 Å². The number of nitrogens with zero attached hydrogens (tertiary/aromatic N) is 1. The second-order valence-electron chi connectivity index (χ2n) is 3.52. The van der Waals surface area contributed by atoms with Gasteiger partial charge in [0.2, 0.25) is 0 Å². The molecule has 2 rings (SSSR count). The summed E-state index contributed by atoms with van der Waals surface area (Å²) in [6, 6.07) is 14.7. The molecule has 1 nitrogen and oxygen atoms in total. The minimum Gasteiger partial charge on any atom is -0.201 e. The van der Waals surface area contributed by atoms with Crippen molar-refractivity contribution in [2.24, 2.45) is 0 Å². The van der Waals surface area contributed by atoms with Crippen molar-refractivity contribution < 1.29 is 4.57 Å². The molecule has 1 aromatic carbocycles. The highest BCUT2D eigenvalue weighted by atomic mass is 32.1. The third-order valence-electron chi connectivity index (χ3n) is 2.35. The number of benzene rings is 1. The van der Waals surface area contributed by atoms with Gasteiger partial charge in [-0.3, -0.25) is 0 Å². The standard InChI is InChI=1S/C13H13NS/c15-11-13-6-8-14(9-7-13)10-12-4-2-1-3-5-12/h1-9H,10-11H2/p+1. The maximum Gasteiger partial charge on any atom is 0.173 e. The molecule has 0 atom stereocenters. The zero-order valence-electron chi connectivity index (χ0n) is 8.50. The molecule has 76 valence electrons. The average molecular weight is 216 g/mol. The van der Waals surface area contributed by atoms with Crippen molar-refractivity contribution in [3.05, 3.63) is 66.0 Å². The third kappa shape index (κ3) is 2.83. The zero-order valence-corrected chi connectivity index (χ0v) is 9.40. The van der Waals surface area contributed by atoms with Crippen molar-refractivity contribution in [3.63, 3.8) is 0 Å². The van der Waals surface area contributed by atoms with E-state index in [4.69, 9.17) is 0 Å². The molecule has 15 heavy (non-hydrogen) atoms. The summed E-state index contributed by atoms with van der Waals surface area (Å²) in [5.74, 6) is 0.798. The minimum atomic E-state index is 0.798. The molecule has 0 aliphatic rings. The van der Waals surface area contributed by atoms with E-state index in [1.54, 1.807) is 0 Å². The second kappa shape index (κ2) is 4.99. The maximum atomic E-state index is 4.23. The van der Waals surface area contributed by atoms with Gasteiger partial charge in [-0.05, 0) is 5.56 Å². The molecule has 0 radical (unpaired) electrons. The number of hydrogen-bond donors (Lipinski definition) is 1. The predicted molar refractivity (Wildman–Crippen MR) is 64.9 cm³/mol. The Labute approximate surface area is 95.8 Å². The van der Waals surface area contributed by atoms with Crippen LogP contribution in [-0.4, -0.2) is 0 Å². The van der Waals surface area contributed by atoms with E-state index in [1.807, 2.05) is 6.07 Å². The van der Waals surface area contributed by atoms with Gasteiger partial charge in [0.15, 0.2) is 18.9 Å². The molecule has 0 spiro atoms. The van der Waals surface area contributed by atoms with Gasteiger partial charge in [0.1, 0.15) is 0 Å². The lowest BCUT2D eigenvalue weighted by Gasteiger charge is -1.98. The van der Waals surface area contributed by atoms with Crippen LogP contribution < -0.4 is 4.57 Å². The Morgan fingerprint density at radius 1 is 0.867 bits per heavy atom. The van der Waals surface area contributed by atoms with Gasteiger partial charge in [-0.2, -0.15) is 12.6 Å². The van der Waals surface area contributed by atoms with Crippen LogP contribution in [0.4, 0.5) is 0 Å². The van der Waals surface area contributed by atoms with Crippen LogP contribution >= 0.6 is 12.6 Å². The van der Waals surface area contributed by atoms with E-state index < -0.39 is 0 Å². The quantitative estimate of drug-likeness (QED) is 0.593. The van der Waals surface area contributed by atoms with E-state index in [0.717, 1.165) is 12.3 Å². The molecule has 2 aromatic rings. The second-order valence-corrected chi connectivity index (χ2v) is 3.84. The molecule has 2 heteroatoms. The maximum absolute atomic E-state index is 4.23. The zero-order chi connectivity index (χ0) is 10.5. The minimum absolute atomic E-state index is 0.798. The molecule has 0 N–H and O–H groups in total. The van der Waals surface area contributed by atoms with Crippen molar-refractivity contribution in [1.82, 2.24) is 0 Å². The third-order valence-corrected chi connectivity index (χ3v) is 2.72. The highest BCUT2D eigenvalue weighted by molar-refractivity contribution is 7.79. The smallest absolute Gasteiger partial charge is 0.173 e. The average Bonchev–Trinajstić information content (AvgIpc) is 2.31. The van der Waals surface area contributed by atoms with Crippen LogP contribution in [-0.2, 0) is 12.3 Å². The number of hydrogen-bond acceptors (Lipinski definition) is 1. The lowest BCUT2D eigenvalue weighted by atomic mass is 10.2. The first-order valence-corrected chi connectivity index (χ1v) is 5.64. The first-order valence-electron chi connectivity index (χ1n) is 5.01. The number of thiol groups is 1. The summed E-state index contributed by atoms with van der Waals surface area (Å²) in [4.78, 5) is 0. The molecule has 0 saturated carbocycles. The normalized spacial score (nSPS) is 10.2. The molecule has 0 amide bonds. The molecule has 0 bridgehead atoms. The molecule has 0 fully saturated rings. The fraction of sp³-hybridized carbons (Fsp3) is 0.154. The van der Waals surface area contributed by atoms with Crippen LogP contribution in [0.2, 0.25) is 0 Å². The molecule has 0 unspecified atom stereocenters.